The molecular weight excluding hydrogens is 534 g/mol. The molecule has 0 saturated heterocycles. The summed E-state index contributed by atoms with van der Waals surface area (Å²) in [5, 5.41) is 19.3. The highest BCUT2D eigenvalue weighted by atomic mass is 32.2. The van der Waals surface area contributed by atoms with Gasteiger partial charge in [0.15, 0.2) is 0 Å². The van der Waals surface area contributed by atoms with E-state index in [1.165, 1.54) is 38.5 Å². The van der Waals surface area contributed by atoms with Gasteiger partial charge in [0.2, 0.25) is 5.91 Å². The summed E-state index contributed by atoms with van der Waals surface area (Å²) in [5.74, 6) is 0.548. The molecule has 4 aromatic rings. The quantitative estimate of drug-likeness (QED) is 0.158. The number of nitrogens with zero attached hydrogens (tertiary/aromatic N) is 4. The third kappa shape index (κ3) is 7.56. The minimum atomic E-state index is -4.36. The summed E-state index contributed by atoms with van der Waals surface area (Å²) in [5.41, 5.74) is 3.02. The number of hydrogen-bond donors (Lipinski definition) is 2. The van der Waals surface area contributed by atoms with Gasteiger partial charge in [0.1, 0.15) is 11.5 Å². The number of rotatable bonds is 10. The summed E-state index contributed by atoms with van der Waals surface area (Å²) >= 11 is 0. The molecule has 204 valence electrons. The van der Waals surface area contributed by atoms with Gasteiger partial charge in [-0.1, -0.05) is 30.3 Å². The van der Waals surface area contributed by atoms with Crippen LogP contribution in [-0.4, -0.2) is 33.1 Å². The standard InChI is InChI=1S/C28H25N5O6S/c1-38-26-17-22(32-30-20-7-4-3-5-8-20)12-11-19(26)15-28(34)29-25-14-13-23(18-27(25)39-2)33-31-21-9-6-10-24(16-21)40(35,36)37/h3-14,16-18H,15H2,1-2H3,(H,29,34)(H,35,36,37). The lowest BCUT2D eigenvalue weighted by Gasteiger charge is -2.12. The van der Waals surface area contributed by atoms with Gasteiger partial charge in [-0.2, -0.15) is 28.9 Å². The van der Waals surface area contributed by atoms with E-state index in [0.29, 0.717) is 34.1 Å². The Kier molecular flexibility index (Phi) is 8.94. The second-order valence-electron chi connectivity index (χ2n) is 8.31. The largest absolute Gasteiger partial charge is 0.496 e. The molecular formula is C28H25N5O6S. The summed E-state index contributed by atoms with van der Waals surface area (Å²) in [6.45, 7) is 0. The Balaban J connectivity index is 1.44. The van der Waals surface area contributed by atoms with Crippen LogP contribution in [0.3, 0.4) is 0 Å². The first-order chi connectivity index (χ1) is 19.2. The Bertz CT molecular complexity index is 1670. The van der Waals surface area contributed by atoms with Gasteiger partial charge in [-0.05, 0) is 48.5 Å². The summed E-state index contributed by atoms with van der Waals surface area (Å²) < 4.78 is 42.7. The molecule has 0 aliphatic carbocycles. The number of azo groups is 2. The molecule has 2 N–H and O–H groups in total. The number of methoxy groups -OCH3 is 2. The zero-order valence-electron chi connectivity index (χ0n) is 21.6. The third-order valence-corrected chi connectivity index (χ3v) is 6.36. The van der Waals surface area contributed by atoms with Crippen molar-refractivity contribution < 1.29 is 27.2 Å². The van der Waals surface area contributed by atoms with Crippen molar-refractivity contribution in [1.82, 2.24) is 0 Å². The SMILES string of the molecule is COc1cc(N=Nc2ccccc2)ccc1CC(=O)Nc1ccc(N=Nc2cccc(S(=O)(=O)O)c2)cc1OC. The number of nitrogens with one attached hydrogen (secondary N) is 1. The first-order valence-electron chi connectivity index (χ1n) is 11.9. The second-order valence-corrected chi connectivity index (χ2v) is 9.74. The van der Waals surface area contributed by atoms with Gasteiger partial charge in [-0.15, -0.1) is 0 Å². The molecule has 40 heavy (non-hydrogen) atoms. The molecule has 0 heterocycles. The summed E-state index contributed by atoms with van der Waals surface area (Å²) in [4.78, 5) is 12.6. The number of benzene rings is 4. The highest BCUT2D eigenvalue weighted by Crippen LogP contribution is 2.32. The molecule has 0 radical (unpaired) electrons. The van der Waals surface area contributed by atoms with Crippen LogP contribution in [-0.2, 0) is 21.3 Å². The minimum Gasteiger partial charge on any atom is -0.496 e. The van der Waals surface area contributed by atoms with Crippen LogP contribution in [0.4, 0.5) is 28.4 Å². The molecule has 1 amide bonds. The van der Waals surface area contributed by atoms with E-state index in [0.717, 1.165) is 5.69 Å². The predicted octanol–water partition coefficient (Wildman–Crippen LogP) is 6.96. The van der Waals surface area contributed by atoms with E-state index in [-0.39, 0.29) is 22.9 Å². The first-order valence-corrected chi connectivity index (χ1v) is 13.3. The fourth-order valence-corrected chi connectivity index (χ4v) is 4.11. The van der Waals surface area contributed by atoms with E-state index < -0.39 is 10.1 Å². The number of hydrogen-bond acceptors (Lipinski definition) is 9. The van der Waals surface area contributed by atoms with Gasteiger partial charge in [0.05, 0.1) is 54.0 Å². The average molecular weight is 560 g/mol. The topological polar surface area (TPSA) is 151 Å². The molecule has 4 rings (SSSR count). The fraction of sp³-hybridized carbons (Fsp3) is 0.107. The van der Waals surface area contributed by atoms with Gasteiger partial charge < -0.3 is 14.8 Å². The zero-order valence-corrected chi connectivity index (χ0v) is 22.4. The molecule has 0 aliphatic heterocycles. The number of amides is 1. The molecule has 11 nitrogen and oxygen atoms in total. The first kappa shape index (κ1) is 28.1. The highest BCUT2D eigenvalue weighted by Gasteiger charge is 2.13. The fourth-order valence-electron chi connectivity index (χ4n) is 3.59. The molecule has 4 aromatic carbocycles. The second kappa shape index (κ2) is 12.7. The van der Waals surface area contributed by atoms with Crippen LogP contribution in [0.2, 0.25) is 0 Å². The van der Waals surface area contributed by atoms with E-state index in [9.17, 15) is 17.8 Å². The molecule has 0 atom stereocenters. The number of ether oxygens (including phenoxy) is 2. The van der Waals surface area contributed by atoms with Crippen molar-refractivity contribution >= 4 is 44.5 Å². The smallest absolute Gasteiger partial charge is 0.294 e. The van der Waals surface area contributed by atoms with Crippen LogP contribution in [0, 0.1) is 0 Å². The van der Waals surface area contributed by atoms with Gasteiger partial charge in [-0.3, -0.25) is 9.35 Å². The molecule has 0 saturated carbocycles. The zero-order chi connectivity index (χ0) is 28.5. The lowest BCUT2D eigenvalue weighted by molar-refractivity contribution is -0.115. The lowest BCUT2D eigenvalue weighted by atomic mass is 10.1. The van der Waals surface area contributed by atoms with E-state index >= 15 is 0 Å². The maximum Gasteiger partial charge on any atom is 0.294 e. The van der Waals surface area contributed by atoms with E-state index in [4.69, 9.17) is 9.47 Å². The Labute approximate surface area is 231 Å². The lowest BCUT2D eigenvalue weighted by Crippen LogP contribution is -2.15. The molecule has 0 aliphatic rings. The van der Waals surface area contributed by atoms with Crippen molar-refractivity contribution in [3.8, 4) is 11.5 Å². The maximum absolute atomic E-state index is 12.8. The van der Waals surface area contributed by atoms with Crippen molar-refractivity contribution in [3.63, 3.8) is 0 Å². The Morgan fingerprint density at radius 1 is 0.725 bits per heavy atom. The molecule has 0 unspecified atom stereocenters. The van der Waals surface area contributed by atoms with Gasteiger partial charge in [-0.25, -0.2) is 0 Å². The van der Waals surface area contributed by atoms with Crippen LogP contribution >= 0.6 is 0 Å². The van der Waals surface area contributed by atoms with Crippen molar-refractivity contribution in [2.45, 2.75) is 11.3 Å². The van der Waals surface area contributed by atoms with E-state index in [1.807, 2.05) is 30.3 Å². The molecule has 0 fully saturated rings. The van der Waals surface area contributed by atoms with Gasteiger partial charge >= 0.3 is 0 Å². The van der Waals surface area contributed by atoms with Crippen LogP contribution in [0.15, 0.2) is 116 Å². The van der Waals surface area contributed by atoms with Gasteiger partial charge in [0, 0.05) is 17.7 Å². The van der Waals surface area contributed by atoms with E-state index in [1.54, 1.807) is 36.4 Å². The van der Waals surface area contributed by atoms with Crippen LogP contribution in [0.25, 0.3) is 0 Å². The van der Waals surface area contributed by atoms with Crippen LogP contribution in [0.1, 0.15) is 5.56 Å². The molecule has 12 heteroatoms. The number of anilines is 1. The Hall–Kier alpha value is -4.94. The van der Waals surface area contributed by atoms with Crippen LogP contribution < -0.4 is 14.8 Å². The molecule has 0 bridgehead atoms. The summed E-state index contributed by atoms with van der Waals surface area (Å²) in [6.07, 6.45) is 0.0357. The van der Waals surface area contributed by atoms with Crippen molar-refractivity contribution in [2.24, 2.45) is 20.5 Å². The maximum atomic E-state index is 12.8. The van der Waals surface area contributed by atoms with Crippen molar-refractivity contribution in [1.29, 1.82) is 0 Å². The summed E-state index contributed by atoms with van der Waals surface area (Å²) in [7, 11) is -1.39. The van der Waals surface area contributed by atoms with Crippen molar-refractivity contribution in [2.75, 3.05) is 19.5 Å². The average Bonchev–Trinajstić information content (AvgIpc) is 2.96. The van der Waals surface area contributed by atoms with Crippen molar-refractivity contribution in [3.05, 3.63) is 96.6 Å². The Morgan fingerprint density at radius 2 is 1.30 bits per heavy atom. The molecule has 0 spiro atoms. The molecule has 0 aromatic heterocycles. The predicted molar refractivity (Wildman–Crippen MR) is 149 cm³/mol. The minimum absolute atomic E-state index is 0.0357. The normalized spacial score (nSPS) is 11.6. The third-order valence-electron chi connectivity index (χ3n) is 5.51. The number of carbonyl (C=O) groups excluding carboxylic acids is 1. The monoisotopic (exact) mass is 559 g/mol. The highest BCUT2D eigenvalue weighted by molar-refractivity contribution is 7.85. The van der Waals surface area contributed by atoms with Gasteiger partial charge in [0.25, 0.3) is 10.1 Å². The van der Waals surface area contributed by atoms with E-state index in [2.05, 4.69) is 25.8 Å². The van der Waals surface area contributed by atoms with Crippen LogP contribution in [0.5, 0.6) is 11.5 Å². The summed E-state index contributed by atoms with van der Waals surface area (Å²) in [6, 6.07) is 24.8. The number of carbonyl (C=O) groups is 1. The Morgan fingerprint density at radius 3 is 1.95 bits per heavy atom.